The molecule has 3 rings (SSSR count). The molecule has 2 N–H and O–H groups in total. The Hall–Kier alpha value is -2.08. The number of hydrogen-bond donors (Lipinski definition) is 2. The lowest BCUT2D eigenvalue weighted by Crippen LogP contribution is -2.50. The van der Waals surface area contributed by atoms with Gasteiger partial charge in [0.1, 0.15) is 5.60 Å². The molecule has 1 aromatic rings. The molecule has 6 nitrogen and oxygen atoms in total. The van der Waals surface area contributed by atoms with Gasteiger partial charge in [-0.25, -0.2) is 4.79 Å². The number of rotatable bonds is 6. The quantitative estimate of drug-likeness (QED) is 0.768. The second-order valence-corrected chi connectivity index (χ2v) is 9.47. The minimum atomic E-state index is -0.486. The highest BCUT2D eigenvalue weighted by molar-refractivity contribution is 5.78. The van der Waals surface area contributed by atoms with Crippen molar-refractivity contribution in [1.29, 1.82) is 0 Å². The molecule has 0 unspecified atom stereocenters. The maximum absolute atomic E-state index is 12.5. The van der Waals surface area contributed by atoms with Crippen LogP contribution in [0.2, 0.25) is 0 Å². The van der Waals surface area contributed by atoms with Crippen LogP contribution in [0.5, 0.6) is 0 Å². The molecule has 1 heterocycles. The molecule has 0 bridgehead atoms. The summed E-state index contributed by atoms with van der Waals surface area (Å²) in [4.78, 5) is 26.6. The summed E-state index contributed by atoms with van der Waals surface area (Å²) in [5.41, 5.74) is 0.961. The topological polar surface area (TPSA) is 70.7 Å². The number of benzene rings is 1. The number of carbonyl (C=O) groups excluding carboxylic acids is 2. The summed E-state index contributed by atoms with van der Waals surface area (Å²) in [5.74, 6) is 0.0887. The van der Waals surface area contributed by atoms with Crippen molar-refractivity contribution in [3.8, 4) is 0 Å². The van der Waals surface area contributed by atoms with Crippen LogP contribution >= 0.6 is 0 Å². The maximum atomic E-state index is 12.5. The summed E-state index contributed by atoms with van der Waals surface area (Å²) >= 11 is 0. The fourth-order valence-electron chi connectivity index (χ4n) is 4.20. The molecule has 0 spiro atoms. The Morgan fingerprint density at radius 1 is 1.14 bits per heavy atom. The minimum Gasteiger partial charge on any atom is -0.444 e. The second kappa shape index (κ2) is 9.16. The van der Waals surface area contributed by atoms with Gasteiger partial charge in [-0.2, -0.15) is 0 Å². The first-order valence-electron chi connectivity index (χ1n) is 10.8. The van der Waals surface area contributed by atoms with Crippen molar-refractivity contribution < 1.29 is 14.3 Å². The first kappa shape index (κ1) is 21.6. The van der Waals surface area contributed by atoms with Crippen molar-refractivity contribution in [2.75, 3.05) is 26.2 Å². The molecule has 1 saturated heterocycles. The van der Waals surface area contributed by atoms with Crippen molar-refractivity contribution in [3.63, 3.8) is 0 Å². The van der Waals surface area contributed by atoms with Gasteiger partial charge in [-0.3, -0.25) is 9.69 Å². The maximum Gasteiger partial charge on any atom is 0.407 e. The largest absolute Gasteiger partial charge is 0.444 e. The SMILES string of the molecule is CC(C)(C)OC(=O)NC1CCN(CC(=O)NCC2(c3ccccc3)CCC2)CC1. The molecule has 2 amide bonds. The van der Waals surface area contributed by atoms with Crippen LogP contribution in [0.15, 0.2) is 30.3 Å². The number of hydrogen-bond acceptors (Lipinski definition) is 4. The summed E-state index contributed by atoms with van der Waals surface area (Å²) in [7, 11) is 0. The Bertz CT molecular complexity index is 687. The van der Waals surface area contributed by atoms with E-state index in [9.17, 15) is 9.59 Å². The van der Waals surface area contributed by atoms with Crippen LogP contribution in [0.4, 0.5) is 4.79 Å². The highest BCUT2D eigenvalue weighted by Gasteiger charge is 2.38. The van der Waals surface area contributed by atoms with E-state index in [2.05, 4.69) is 39.8 Å². The van der Waals surface area contributed by atoms with Gasteiger partial charge in [0.05, 0.1) is 6.54 Å². The van der Waals surface area contributed by atoms with Crippen molar-refractivity contribution in [3.05, 3.63) is 35.9 Å². The number of alkyl carbamates (subject to hydrolysis) is 1. The van der Waals surface area contributed by atoms with Crippen LogP contribution in [0, 0.1) is 0 Å². The predicted octanol–water partition coefficient (Wildman–Crippen LogP) is 3.21. The molecule has 0 aromatic heterocycles. The number of carbonyl (C=O) groups is 2. The van der Waals surface area contributed by atoms with Gasteiger partial charge < -0.3 is 15.4 Å². The fourth-order valence-corrected chi connectivity index (χ4v) is 4.20. The van der Waals surface area contributed by atoms with E-state index in [-0.39, 0.29) is 23.5 Å². The van der Waals surface area contributed by atoms with E-state index >= 15 is 0 Å². The molecule has 1 saturated carbocycles. The average molecular weight is 402 g/mol. The lowest BCUT2D eigenvalue weighted by molar-refractivity contribution is -0.123. The van der Waals surface area contributed by atoms with Crippen LogP contribution in [0.3, 0.4) is 0 Å². The third kappa shape index (κ3) is 6.20. The normalized spacial score (nSPS) is 19.8. The Labute approximate surface area is 174 Å². The lowest BCUT2D eigenvalue weighted by atomic mass is 9.64. The van der Waals surface area contributed by atoms with Gasteiger partial charge in [0, 0.05) is 31.1 Å². The van der Waals surface area contributed by atoms with Crippen molar-refractivity contribution >= 4 is 12.0 Å². The smallest absolute Gasteiger partial charge is 0.407 e. The zero-order chi connectivity index (χ0) is 20.9. The highest BCUT2D eigenvalue weighted by atomic mass is 16.6. The Balaban J connectivity index is 1.38. The van der Waals surface area contributed by atoms with E-state index < -0.39 is 5.60 Å². The molecule has 29 heavy (non-hydrogen) atoms. The number of piperidine rings is 1. The van der Waals surface area contributed by atoms with Crippen LogP contribution in [-0.4, -0.2) is 54.7 Å². The lowest BCUT2D eigenvalue weighted by Gasteiger charge is -2.42. The van der Waals surface area contributed by atoms with Crippen LogP contribution in [0.1, 0.15) is 58.4 Å². The van der Waals surface area contributed by atoms with Crippen molar-refractivity contribution in [1.82, 2.24) is 15.5 Å². The van der Waals surface area contributed by atoms with Crippen LogP contribution in [0.25, 0.3) is 0 Å². The Kier molecular flexibility index (Phi) is 6.83. The van der Waals surface area contributed by atoms with Crippen LogP contribution < -0.4 is 10.6 Å². The van der Waals surface area contributed by atoms with E-state index in [1.165, 1.54) is 12.0 Å². The van der Waals surface area contributed by atoms with Gasteiger partial charge in [-0.1, -0.05) is 36.8 Å². The highest BCUT2D eigenvalue weighted by Crippen LogP contribution is 2.43. The average Bonchev–Trinajstić information content (AvgIpc) is 2.62. The third-order valence-corrected chi connectivity index (χ3v) is 6.00. The van der Waals surface area contributed by atoms with Gasteiger partial charge in [-0.05, 0) is 52.0 Å². The monoisotopic (exact) mass is 401 g/mol. The van der Waals surface area contributed by atoms with Gasteiger partial charge >= 0.3 is 6.09 Å². The number of ether oxygens (including phenoxy) is 1. The predicted molar refractivity (Wildman–Crippen MR) is 114 cm³/mol. The molecule has 6 heteroatoms. The summed E-state index contributed by atoms with van der Waals surface area (Å²) in [6.07, 6.45) is 4.81. The minimum absolute atomic E-state index is 0.0887. The standard InChI is InChI=1S/C23H35N3O3/c1-22(2,3)29-21(28)25-19-10-14-26(15-11-19)16-20(27)24-17-23(12-7-13-23)18-8-5-4-6-9-18/h4-6,8-9,19H,7,10-17H2,1-3H3,(H,24,27)(H,25,28). The molecule has 1 aliphatic heterocycles. The van der Waals surface area contributed by atoms with Crippen LogP contribution in [-0.2, 0) is 14.9 Å². The van der Waals surface area contributed by atoms with Gasteiger partial charge in [0.15, 0.2) is 0 Å². The summed E-state index contributed by atoms with van der Waals surface area (Å²) in [6, 6.07) is 10.6. The molecule has 1 aromatic carbocycles. The van der Waals surface area contributed by atoms with Crippen molar-refractivity contribution in [2.45, 2.75) is 69.9 Å². The molecule has 160 valence electrons. The Morgan fingerprint density at radius 2 is 1.79 bits per heavy atom. The first-order valence-corrected chi connectivity index (χ1v) is 10.8. The number of nitrogens with one attached hydrogen (secondary N) is 2. The summed E-state index contributed by atoms with van der Waals surface area (Å²) in [5, 5.41) is 6.11. The van der Waals surface area contributed by atoms with Gasteiger partial charge in [-0.15, -0.1) is 0 Å². The number of likely N-dealkylation sites (tertiary alicyclic amines) is 1. The zero-order valence-corrected chi connectivity index (χ0v) is 18.0. The molecule has 2 fully saturated rings. The first-order chi connectivity index (χ1) is 13.8. The number of amides is 2. The van der Waals surface area contributed by atoms with E-state index in [4.69, 9.17) is 4.74 Å². The molecular weight excluding hydrogens is 366 g/mol. The fraction of sp³-hybridized carbons (Fsp3) is 0.652. The molecular formula is C23H35N3O3. The summed E-state index contributed by atoms with van der Waals surface area (Å²) in [6.45, 7) is 8.32. The number of nitrogens with zero attached hydrogens (tertiary/aromatic N) is 1. The molecule has 2 aliphatic rings. The third-order valence-electron chi connectivity index (χ3n) is 6.00. The second-order valence-electron chi connectivity index (χ2n) is 9.47. The Morgan fingerprint density at radius 3 is 2.34 bits per heavy atom. The molecule has 1 aliphatic carbocycles. The van der Waals surface area contributed by atoms with E-state index in [1.54, 1.807) is 0 Å². The zero-order valence-electron chi connectivity index (χ0n) is 18.0. The van der Waals surface area contributed by atoms with E-state index in [0.29, 0.717) is 13.1 Å². The van der Waals surface area contributed by atoms with Crippen molar-refractivity contribution in [2.24, 2.45) is 0 Å². The molecule has 0 radical (unpaired) electrons. The van der Waals surface area contributed by atoms with E-state index in [0.717, 1.165) is 38.8 Å². The summed E-state index contributed by atoms with van der Waals surface area (Å²) < 4.78 is 5.32. The van der Waals surface area contributed by atoms with Gasteiger partial charge in [0.25, 0.3) is 0 Å². The molecule has 0 atom stereocenters. The van der Waals surface area contributed by atoms with E-state index in [1.807, 2.05) is 26.8 Å². The van der Waals surface area contributed by atoms with Gasteiger partial charge in [0.2, 0.25) is 5.91 Å².